The van der Waals surface area contributed by atoms with E-state index in [4.69, 9.17) is 0 Å². The Balaban J connectivity index is 1.49. The van der Waals surface area contributed by atoms with E-state index in [0.717, 1.165) is 37.5 Å². The van der Waals surface area contributed by atoms with Crippen molar-refractivity contribution in [3.63, 3.8) is 0 Å². The van der Waals surface area contributed by atoms with Crippen LogP contribution in [0.2, 0.25) is 0 Å². The van der Waals surface area contributed by atoms with Crippen LogP contribution in [0.5, 0.6) is 0 Å². The molecule has 2 aliphatic rings. The van der Waals surface area contributed by atoms with E-state index in [1.165, 1.54) is 11.8 Å². The minimum atomic E-state index is -0.459. The molecule has 27 heavy (non-hydrogen) atoms. The molecular weight excluding hydrogens is 364 g/mol. The molecule has 8 heteroatoms. The summed E-state index contributed by atoms with van der Waals surface area (Å²) in [6.07, 6.45) is 3.20. The van der Waals surface area contributed by atoms with Gasteiger partial charge in [-0.15, -0.1) is 0 Å². The number of amides is 3. The van der Waals surface area contributed by atoms with Gasteiger partial charge < -0.3 is 15.5 Å². The molecule has 2 N–H and O–H groups in total. The lowest BCUT2D eigenvalue weighted by molar-refractivity contribution is -0.121. The average molecular weight is 388 g/mol. The number of amidine groups is 1. The summed E-state index contributed by atoms with van der Waals surface area (Å²) in [5.74, 6) is -0.601. The molecule has 0 spiro atoms. The molecule has 0 bridgehead atoms. The van der Waals surface area contributed by atoms with Gasteiger partial charge in [0.25, 0.3) is 11.8 Å². The van der Waals surface area contributed by atoms with Crippen molar-refractivity contribution in [1.29, 1.82) is 0 Å². The van der Waals surface area contributed by atoms with E-state index in [1.807, 2.05) is 6.92 Å². The first kappa shape index (κ1) is 19.4. The van der Waals surface area contributed by atoms with Gasteiger partial charge in [-0.05, 0) is 43.5 Å². The fraction of sp³-hybridized carbons (Fsp3) is 0.474. The number of hydrogen-bond acceptors (Lipinski definition) is 5. The normalized spacial score (nSPS) is 19.1. The molecule has 1 saturated heterocycles. The number of nitrogens with one attached hydrogen (secondary N) is 2. The Labute approximate surface area is 163 Å². The summed E-state index contributed by atoms with van der Waals surface area (Å²) >= 11 is 1.38. The van der Waals surface area contributed by atoms with Crippen LogP contribution in [0, 0.1) is 0 Å². The Morgan fingerprint density at radius 3 is 2.59 bits per heavy atom. The molecule has 1 unspecified atom stereocenters. The maximum atomic E-state index is 12.3. The molecule has 7 nitrogen and oxygen atoms in total. The van der Waals surface area contributed by atoms with E-state index in [2.05, 4.69) is 20.5 Å². The number of carbonyl (C=O) groups excluding carboxylic acids is 3. The van der Waals surface area contributed by atoms with Gasteiger partial charge in [0.2, 0.25) is 5.91 Å². The number of likely N-dealkylation sites (tertiary alicyclic amines) is 1. The first-order valence-electron chi connectivity index (χ1n) is 9.29. The van der Waals surface area contributed by atoms with Gasteiger partial charge in [-0.1, -0.05) is 18.7 Å². The van der Waals surface area contributed by atoms with Crippen molar-refractivity contribution in [2.45, 2.75) is 37.9 Å². The summed E-state index contributed by atoms with van der Waals surface area (Å²) in [7, 11) is 0. The highest BCUT2D eigenvalue weighted by atomic mass is 32.2. The highest BCUT2D eigenvalue weighted by molar-refractivity contribution is 8.15. The van der Waals surface area contributed by atoms with Crippen molar-refractivity contribution in [1.82, 2.24) is 10.2 Å². The van der Waals surface area contributed by atoms with Crippen molar-refractivity contribution in [3.05, 3.63) is 29.8 Å². The maximum absolute atomic E-state index is 12.3. The number of aliphatic imine (C=N–C) groups is 1. The van der Waals surface area contributed by atoms with Crippen LogP contribution in [0.1, 0.15) is 43.0 Å². The van der Waals surface area contributed by atoms with E-state index < -0.39 is 5.25 Å². The topological polar surface area (TPSA) is 90.9 Å². The molecule has 3 amide bonds. The summed E-state index contributed by atoms with van der Waals surface area (Å²) in [6.45, 7) is 4.48. The molecule has 1 fully saturated rings. The van der Waals surface area contributed by atoms with Crippen LogP contribution < -0.4 is 10.6 Å². The second kappa shape index (κ2) is 9.03. The minimum absolute atomic E-state index is 0.0864. The summed E-state index contributed by atoms with van der Waals surface area (Å²) in [4.78, 5) is 42.5. The monoisotopic (exact) mass is 388 g/mol. The fourth-order valence-corrected chi connectivity index (χ4v) is 4.10. The molecule has 1 aromatic carbocycles. The molecule has 2 heterocycles. The molecule has 0 radical (unpaired) electrons. The van der Waals surface area contributed by atoms with Crippen molar-refractivity contribution < 1.29 is 14.4 Å². The fourth-order valence-electron chi connectivity index (χ4n) is 2.98. The van der Waals surface area contributed by atoms with E-state index in [-0.39, 0.29) is 24.1 Å². The predicted octanol–water partition coefficient (Wildman–Crippen LogP) is 2.25. The lowest BCUT2D eigenvalue weighted by Gasteiger charge is -2.16. The van der Waals surface area contributed by atoms with E-state index in [0.29, 0.717) is 17.8 Å². The van der Waals surface area contributed by atoms with Crippen LogP contribution in [-0.2, 0) is 9.59 Å². The number of hydrogen-bond donors (Lipinski definition) is 2. The summed E-state index contributed by atoms with van der Waals surface area (Å²) in [6, 6.07) is 6.72. The Morgan fingerprint density at radius 1 is 1.22 bits per heavy atom. The van der Waals surface area contributed by atoms with Crippen molar-refractivity contribution in [3.8, 4) is 0 Å². The number of thioether (sulfide) groups is 1. The van der Waals surface area contributed by atoms with Gasteiger partial charge in [-0.2, -0.15) is 4.99 Å². The smallest absolute Gasteiger partial charge is 0.262 e. The first-order valence-corrected chi connectivity index (χ1v) is 10.2. The Hall–Kier alpha value is -2.35. The first-order chi connectivity index (χ1) is 13.1. The largest absolute Gasteiger partial charge is 0.352 e. The maximum Gasteiger partial charge on any atom is 0.262 e. The van der Waals surface area contributed by atoms with E-state index in [9.17, 15) is 14.4 Å². The van der Waals surface area contributed by atoms with Gasteiger partial charge in [0.15, 0.2) is 5.17 Å². The lowest BCUT2D eigenvalue weighted by atomic mass is 10.2. The SMILES string of the molecule is CCCNC(=O)c1ccc(NC(=O)CC2SC(N3CCCC3)=NC2=O)cc1. The van der Waals surface area contributed by atoms with Crippen LogP contribution in [0.4, 0.5) is 5.69 Å². The Bertz CT molecular complexity index is 742. The summed E-state index contributed by atoms with van der Waals surface area (Å²) in [5.41, 5.74) is 1.15. The van der Waals surface area contributed by atoms with Crippen LogP contribution in [0.3, 0.4) is 0 Å². The van der Waals surface area contributed by atoms with Gasteiger partial charge in [0.1, 0.15) is 5.25 Å². The molecule has 1 atom stereocenters. The third-order valence-electron chi connectivity index (χ3n) is 4.44. The summed E-state index contributed by atoms with van der Waals surface area (Å²) in [5, 5.41) is 5.88. The molecule has 0 aromatic heterocycles. The quantitative estimate of drug-likeness (QED) is 0.780. The molecule has 0 aliphatic carbocycles. The van der Waals surface area contributed by atoms with E-state index >= 15 is 0 Å². The van der Waals surface area contributed by atoms with Crippen molar-refractivity contribution in [2.24, 2.45) is 4.99 Å². The molecule has 2 aliphatic heterocycles. The second-order valence-electron chi connectivity index (χ2n) is 6.62. The average Bonchev–Trinajstić information content (AvgIpc) is 3.31. The molecule has 3 rings (SSSR count). The van der Waals surface area contributed by atoms with Crippen molar-refractivity contribution >= 4 is 40.3 Å². The second-order valence-corrected chi connectivity index (χ2v) is 7.79. The standard InChI is InChI=1S/C19H24N4O3S/c1-2-9-20-17(25)13-5-7-14(8-6-13)21-16(24)12-15-18(26)22-19(27-15)23-10-3-4-11-23/h5-8,15H,2-4,9-12H2,1H3,(H,20,25)(H,21,24). The molecular formula is C19H24N4O3S. The van der Waals surface area contributed by atoms with Gasteiger partial charge in [0.05, 0.1) is 0 Å². The molecule has 1 aromatic rings. The van der Waals surface area contributed by atoms with Crippen molar-refractivity contribution in [2.75, 3.05) is 25.0 Å². The Kier molecular flexibility index (Phi) is 6.49. The zero-order valence-corrected chi connectivity index (χ0v) is 16.2. The third kappa shape index (κ3) is 5.09. The number of rotatable bonds is 6. The number of carbonyl (C=O) groups is 3. The zero-order chi connectivity index (χ0) is 19.2. The van der Waals surface area contributed by atoms with Crippen LogP contribution in [0.25, 0.3) is 0 Å². The third-order valence-corrected chi connectivity index (χ3v) is 5.66. The van der Waals surface area contributed by atoms with Crippen LogP contribution >= 0.6 is 11.8 Å². The van der Waals surface area contributed by atoms with E-state index in [1.54, 1.807) is 24.3 Å². The molecule has 144 valence electrons. The highest BCUT2D eigenvalue weighted by Crippen LogP contribution is 2.29. The van der Waals surface area contributed by atoms with Gasteiger partial charge in [-0.3, -0.25) is 14.4 Å². The zero-order valence-electron chi connectivity index (χ0n) is 15.4. The summed E-state index contributed by atoms with van der Waals surface area (Å²) < 4.78 is 0. The predicted molar refractivity (Wildman–Crippen MR) is 107 cm³/mol. The van der Waals surface area contributed by atoms with Crippen LogP contribution in [0.15, 0.2) is 29.3 Å². The lowest BCUT2D eigenvalue weighted by Crippen LogP contribution is -2.25. The number of benzene rings is 1. The minimum Gasteiger partial charge on any atom is -0.352 e. The van der Waals surface area contributed by atoms with Gasteiger partial charge >= 0.3 is 0 Å². The number of anilines is 1. The van der Waals surface area contributed by atoms with Gasteiger partial charge in [-0.25, -0.2) is 0 Å². The Morgan fingerprint density at radius 2 is 1.93 bits per heavy atom. The van der Waals surface area contributed by atoms with Crippen LogP contribution in [-0.4, -0.2) is 52.7 Å². The van der Waals surface area contributed by atoms with Gasteiger partial charge in [0, 0.05) is 37.3 Å². The highest BCUT2D eigenvalue weighted by Gasteiger charge is 2.33. The molecule has 0 saturated carbocycles. The number of nitrogens with zero attached hydrogens (tertiary/aromatic N) is 2.